The maximum absolute atomic E-state index is 13.1. The van der Waals surface area contributed by atoms with Crippen molar-refractivity contribution in [2.45, 2.75) is 32.0 Å². The number of hydrogen-bond acceptors (Lipinski definition) is 5. The summed E-state index contributed by atoms with van der Waals surface area (Å²) < 4.78 is 5.59. The number of nitriles is 1. The number of nitrogens with zero attached hydrogens (tertiary/aromatic N) is 1. The molecule has 0 fully saturated rings. The molecule has 0 radical (unpaired) electrons. The van der Waals surface area contributed by atoms with Crippen molar-refractivity contribution in [3.63, 3.8) is 0 Å². The van der Waals surface area contributed by atoms with E-state index in [0.717, 1.165) is 16.8 Å². The summed E-state index contributed by atoms with van der Waals surface area (Å²) in [6, 6.07) is 24.4. The van der Waals surface area contributed by atoms with E-state index in [-0.39, 0.29) is 24.7 Å². The number of amides is 1. The largest absolute Gasteiger partial charge is 0.478 e. The first-order valence-corrected chi connectivity index (χ1v) is 10.9. The summed E-state index contributed by atoms with van der Waals surface area (Å²) in [6.45, 7) is 2.10. The molecule has 0 spiro atoms. The number of carboxylic acid groups (broad SMARTS) is 1. The predicted octanol–water partition coefficient (Wildman–Crippen LogP) is 3.94. The number of carboxylic acids is 1. The van der Waals surface area contributed by atoms with Crippen molar-refractivity contribution in [1.82, 2.24) is 5.32 Å². The highest BCUT2D eigenvalue weighted by molar-refractivity contribution is 5.87. The van der Waals surface area contributed by atoms with Gasteiger partial charge in [0.15, 0.2) is 0 Å². The summed E-state index contributed by atoms with van der Waals surface area (Å²) in [5.41, 5.74) is 3.75. The van der Waals surface area contributed by atoms with E-state index >= 15 is 0 Å². The van der Waals surface area contributed by atoms with Crippen LogP contribution in [0.2, 0.25) is 0 Å². The molecule has 174 valence electrons. The van der Waals surface area contributed by atoms with Crippen LogP contribution in [0.15, 0.2) is 78.9 Å². The van der Waals surface area contributed by atoms with E-state index in [2.05, 4.69) is 16.7 Å². The van der Waals surface area contributed by atoms with Crippen molar-refractivity contribution in [3.05, 3.63) is 101 Å². The third kappa shape index (κ3) is 7.47. The molecule has 0 aliphatic carbocycles. The Bertz CT molecular complexity index is 1160. The van der Waals surface area contributed by atoms with Gasteiger partial charge in [-0.3, -0.25) is 4.79 Å². The number of nitrogens with one attached hydrogen (secondary N) is 2. The molecule has 34 heavy (non-hydrogen) atoms. The number of carbonyl (C=O) groups is 2. The zero-order valence-corrected chi connectivity index (χ0v) is 18.9. The van der Waals surface area contributed by atoms with Gasteiger partial charge >= 0.3 is 5.97 Å². The van der Waals surface area contributed by atoms with Gasteiger partial charge in [-0.1, -0.05) is 60.2 Å². The molecule has 0 aromatic heterocycles. The Labute approximate surface area is 199 Å². The molecule has 3 aromatic carbocycles. The van der Waals surface area contributed by atoms with Crippen LogP contribution < -0.4 is 10.6 Å². The first-order valence-electron chi connectivity index (χ1n) is 10.9. The molecule has 7 heteroatoms. The van der Waals surface area contributed by atoms with E-state index in [1.807, 2.05) is 61.5 Å². The fourth-order valence-corrected chi connectivity index (χ4v) is 3.49. The van der Waals surface area contributed by atoms with Crippen LogP contribution in [-0.4, -0.2) is 35.7 Å². The number of aromatic carboxylic acids is 1. The Morgan fingerprint density at radius 2 is 1.74 bits per heavy atom. The summed E-state index contributed by atoms with van der Waals surface area (Å²) in [5, 5.41) is 24.7. The van der Waals surface area contributed by atoms with Crippen LogP contribution >= 0.6 is 0 Å². The Hall–Kier alpha value is -4.15. The van der Waals surface area contributed by atoms with Crippen LogP contribution in [0.1, 0.15) is 27.0 Å². The van der Waals surface area contributed by atoms with Crippen molar-refractivity contribution < 1.29 is 19.4 Å². The number of hydrogen-bond donors (Lipinski definition) is 3. The van der Waals surface area contributed by atoms with Gasteiger partial charge in [0, 0.05) is 12.1 Å². The predicted molar refractivity (Wildman–Crippen MR) is 129 cm³/mol. The summed E-state index contributed by atoms with van der Waals surface area (Å²) in [4.78, 5) is 24.2. The van der Waals surface area contributed by atoms with Crippen LogP contribution in [0.4, 0.5) is 5.69 Å². The lowest BCUT2D eigenvalue weighted by molar-refractivity contribution is -0.122. The molecule has 2 atom stereocenters. The van der Waals surface area contributed by atoms with E-state index in [9.17, 15) is 14.9 Å². The molecular weight excluding hydrogens is 430 g/mol. The molecule has 3 aromatic rings. The van der Waals surface area contributed by atoms with Crippen LogP contribution in [0.3, 0.4) is 0 Å². The second kappa shape index (κ2) is 12.2. The lowest BCUT2D eigenvalue weighted by Crippen LogP contribution is -2.46. The fourth-order valence-electron chi connectivity index (χ4n) is 3.49. The molecule has 0 unspecified atom stereocenters. The van der Waals surface area contributed by atoms with Gasteiger partial charge in [0.25, 0.3) is 0 Å². The number of carbonyl (C=O) groups excluding carboxylic acids is 1. The lowest BCUT2D eigenvalue weighted by atomic mass is 10.0. The van der Waals surface area contributed by atoms with E-state index < -0.39 is 18.1 Å². The SMILES string of the molecule is Cc1cccc(C[C@H](Nc2ccccc2)C(=O)N[C@@H](C#N)COCc2cccc(C(=O)O)c2)c1. The van der Waals surface area contributed by atoms with Gasteiger partial charge in [0.1, 0.15) is 12.1 Å². The van der Waals surface area contributed by atoms with Gasteiger partial charge in [-0.15, -0.1) is 0 Å². The van der Waals surface area contributed by atoms with Crippen molar-refractivity contribution in [2.24, 2.45) is 0 Å². The second-order valence-corrected chi connectivity index (χ2v) is 7.97. The van der Waals surface area contributed by atoms with Crippen molar-refractivity contribution in [3.8, 4) is 6.07 Å². The van der Waals surface area contributed by atoms with E-state index in [0.29, 0.717) is 12.0 Å². The van der Waals surface area contributed by atoms with Crippen molar-refractivity contribution in [1.29, 1.82) is 5.26 Å². The lowest BCUT2D eigenvalue weighted by Gasteiger charge is -2.22. The molecule has 3 rings (SSSR count). The standard InChI is InChI=1S/C27H27N3O4/c1-19-7-5-8-20(13-19)15-25(29-23-11-3-2-4-12-23)26(31)30-24(16-28)18-34-17-21-9-6-10-22(14-21)27(32)33/h2-14,24-25,29H,15,17-18H2,1H3,(H,30,31)(H,32,33)/t24-,25-/m0/s1. The maximum Gasteiger partial charge on any atom is 0.335 e. The summed E-state index contributed by atoms with van der Waals surface area (Å²) >= 11 is 0. The topological polar surface area (TPSA) is 111 Å². The Kier molecular flexibility index (Phi) is 8.78. The number of anilines is 1. The van der Waals surface area contributed by atoms with Crippen LogP contribution in [0.5, 0.6) is 0 Å². The highest BCUT2D eigenvalue weighted by Gasteiger charge is 2.22. The van der Waals surface area contributed by atoms with Gasteiger partial charge in [0.2, 0.25) is 5.91 Å². The molecule has 1 amide bonds. The van der Waals surface area contributed by atoms with Gasteiger partial charge in [-0.25, -0.2) is 4.79 Å². The number of para-hydroxylation sites is 1. The molecule has 0 aliphatic heterocycles. The Morgan fingerprint density at radius 3 is 2.44 bits per heavy atom. The van der Waals surface area contributed by atoms with Crippen molar-refractivity contribution >= 4 is 17.6 Å². The Balaban J connectivity index is 1.63. The normalized spacial score (nSPS) is 12.2. The third-order valence-electron chi connectivity index (χ3n) is 5.15. The summed E-state index contributed by atoms with van der Waals surface area (Å²) in [5.74, 6) is -1.33. The van der Waals surface area contributed by atoms with Gasteiger partial charge in [-0.05, 0) is 42.3 Å². The van der Waals surface area contributed by atoms with E-state index in [4.69, 9.17) is 9.84 Å². The molecule has 0 heterocycles. The smallest absolute Gasteiger partial charge is 0.335 e. The van der Waals surface area contributed by atoms with Crippen LogP contribution in [-0.2, 0) is 22.6 Å². The fraction of sp³-hybridized carbons (Fsp3) is 0.222. The monoisotopic (exact) mass is 457 g/mol. The molecule has 7 nitrogen and oxygen atoms in total. The highest BCUT2D eigenvalue weighted by Crippen LogP contribution is 2.13. The number of rotatable bonds is 11. The van der Waals surface area contributed by atoms with Gasteiger partial charge < -0.3 is 20.5 Å². The molecule has 0 aliphatic rings. The highest BCUT2D eigenvalue weighted by atomic mass is 16.5. The summed E-state index contributed by atoms with van der Waals surface area (Å²) in [7, 11) is 0. The molecule has 0 saturated carbocycles. The zero-order chi connectivity index (χ0) is 24.3. The number of ether oxygens (including phenoxy) is 1. The maximum atomic E-state index is 13.1. The summed E-state index contributed by atoms with van der Waals surface area (Å²) in [6.07, 6.45) is 0.448. The minimum atomic E-state index is -1.02. The molecular formula is C27H27N3O4. The van der Waals surface area contributed by atoms with E-state index in [1.54, 1.807) is 12.1 Å². The second-order valence-electron chi connectivity index (χ2n) is 7.97. The average molecular weight is 458 g/mol. The molecule has 3 N–H and O–H groups in total. The number of benzene rings is 3. The quantitative estimate of drug-likeness (QED) is 0.402. The van der Waals surface area contributed by atoms with Crippen molar-refractivity contribution in [2.75, 3.05) is 11.9 Å². The van der Waals surface area contributed by atoms with Crippen LogP contribution in [0.25, 0.3) is 0 Å². The Morgan fingerprint density at radius 1 is 1.00 bits per heavy atom. The average Bonchev–Trinajstić information content (AvgIpc) is 2.83. The minimum Gasteiger partial charge on any atom is -0.478 e. The molecule has 0 saturated heterocycles. The first kappa shape index (κ1) is 24.5. The first-order chi connectivity index (χ1) is 16.4. The van der Waals surface area contributed by atoms with Gasteiger partial charge in [0.05, 0.1) is 24.8 Å². The minimum absolute atomic E-state index is 0.0258. The molecule has 0 bridgehead atoms. The van der Waals surface area contributed by atoms with Crippen LogP contribution in [0, 0.1) is 18.3 Å². The third-order valence-corrected chi connectivity index (χ3v) is 5.15. The van der Waals surface area contributed by atoms with Gasteiger partial charge in [-0.2, -0.15) is 5.26 Å². The zero-order valence-electron chi connectivity index (χ0n) is 18.9. The van der Waals surface area contributed by atoms with E-state index in [1.165, 1.54) is 12.1 Å². The number of aryl methyl sites for hydroxylation is 1.